The molecule has 4 heterocycles. The predicted molar refractivity (Wildman–Crippen MR) is 125 cm³/mol. The van der Waals surface area contributed by atoms with E-state index in [-0.39, 0.29) is 6.10 Å². The second kappa shape index (κ2) is 8.49. The van der Waals surface area contributed by atoms with Crippen LogP contribution in [0.15, 0.2) is 30.5 Å². The van der Waals surface area contributed by atoms with Crippen LogP contribution in [0.2, 0.25) is 10.0 Å². The van der Waals surface area contributed by atoms with Gasteiger partial charge in [-0.15, -0.1) is 0 Å². The molecule has 2 aromatic heterocycles. The van der Waals surface area contributed by atoms with Crippen LogP contribution in [0.5, 0.6) is 5.75 Å². The maximum Gasteiger partial charge on any atom is 0.153 e. The van der Waals surface area contributed by atoms with E-state index in [4.69, 9.17) is 32.9 Å². The monoisotopic (exact) mass is 459 g/mol. The lowest BCUT2D eigenvalue weighted by atomic mass is 9.81. The van der Waals surface area contributed by atoms with Crippen LogP contribution in [0.3, 0.4) is 0 Å². The first-order valence-electron chi connectivity index (χ1n) is 10.9. The van der Waals surface area contributed by atoms with E-state index in [0.29, 0.717) is 10.0 Å². The molecule has 2 fully saturated rings. The van der Waals surface area contributed by atoms with E-state index in [1.54, 1.807) is 10.7 Å². The number of rotatable bonds is 5. The van der Waals surface area contributed by atoms with Crippen molar-refractivity contribution >= 4 is 40.1 Å². The van der Waals surface area contributed by atoms with Crippen molar-refractivity contribution in [2.24, 2.45) is 18.9 Å². The van der Waals surface area contributed by atoms with Gasteiger partial charge in [0.25, 0.3) is 0 Å². The number of halogens is 2. The molecule has 2 aliphatic heterocycles. The van der Waals surface area contributed by atoms with Crippen LogP contribution >= 0.6 is 23.2 Å². The fourth-order valence-corrected chi connectivity index (χ4v) is 5.25. The Balaban J connectivity index is 1.39. The molecule has 164 valence electrons. The van der Waals surface area contributed by atoms with Crippen LogP contribution in [-0.4, -0.2) is 40.9 Å². The molecule has 1 aromatic carbocycles. The van der Waals surface area contributed by atoms with Gasteiger partial charge >= 0.3 is 0 Å². The van der Waals surface area contributed by atoms with Crippen molar-refractivity contribution in [3.63, 3.8) is 0 Å². The molecule has 0 radical (unpaired) electrons. The van der Waals surface area contributed by atoms with Gasteiger partial charge in [0.1, 0.15) is 17.4 Å². The highest BCUT2D eigenvalue weighted by Crippen LogP contribution is 2.37. The average Bonchev–Trinajstić information content (AvgIpc) is 3.08. The van der Waals surface area contributed by atoms with Crippen LogP contribution in [0.4, 0.5) is 5.82 Å². The van der Waals surface area contributed by atoms with Crippen LogP contribution in [0, 0.1) is 11.8 Å². The van der Waals surface area contributed by atoms with Gasteiger partial charge < -0.3 is 15.0 Å². The Hall–Kier alpha value is -2.02. The summed E-state index contributed by atoms with van der Waals surface area (Å²) in [5.41, 5.74) is 2.49. The highest BCUT2D eigenvalue weighted by Gasteiger charge is 2.35. The minimum Gasteiger partial charge on any atom is -0.483 e. The van der Waals surface area contributed by atoms with E-state index < -0.39 is 0 Å². The molecule has 2 aliphatic rings. The number of anilines is 1. The van der Waals surface area contributed by atoms with E-state index in [1.165, 1.54) is 12.8 Å². The van der Waals surface area contributed by atoms with E-state index >= 15 is 0 Å². The Morgan fingerprint density at radius 1 is 1.19 bits per heavy atom. The van der Waals surface area contributed by atoms with Crippen LogP contribution < -0.4 is 15.0 Å². The Morgan fingerprint density at radius 3 is 2.77 bits per heavy atom. The SMILES string of the molecule is C[C@@H](Oc1cc(N2CC([C@H]3CCCNC3)C2)nc2cn(C)nc12)c1ccc(Cl)cc1Cl. The minimum absolute atomic E-state index is 0.248. The molecule has 6 nitrogen and oxygen atoms in total. The Kier molecular flexibility index (Phi) is 5.71. The zero-order valence-corrected chi connectivity index (χ0v) is 19.3. The van der Waals surface area contributed by atoms with Gasteiger partial charge in [-0.3, -0.25) is 4.68 Å². The number of fused-ring (bicyclic) bond motifs is 1. The average molecular weight is 460 g/mol. The standard InChI is InChI=1S/C23H27Cl2N5O/c1-14(18-6-5-17(24)8-19(18)25)31-21-9-22(27-20-13-29(2)28-23(20)21)30-11-16(12-30)15-4-3-7-26-10-15/h5-6,8-9,13-16,26H,3-4,7,10-12H2,1-2H3/t14-,15+/m1/s1. The number of ether oxygens (including phenoxy) is 1. The Morgan fingerprint density at radius 2 is 2.03 bits per heavy atom. The second-order valence-corrected chi connectivity index (χ2v) is 9.56. The summed E-state index contributed by atoms with van der Waals surface area (Å²) < 4.78 is 8.15. The summed E-state index contributed by atoms with van der Waals surface area (Å²) in [6.07, 6.45) is 4.30. The van der Waals surface area contributed by atoms with Gasteiger partial charge in [0.05, 0.1) is 6.20 Å². The third-order valence-electron chi connectivity index (χ3n) is 6.48. The largest absolute Gasteiger partial charge is 0.483 e. The number of hydrogen-bond acceptors (Lipinski definition) is 5. The molecule has 1 N–H and O–H groups in total. The molecule has 0 saturated carbocycles. The fraction of sp³-hybridized carbons (Fsp3) is 0.478. The summed E-state index contributed by atoms with van der Waals surface area (Å²) in [4.78, 5) is 7.22. The molecule has 0 unspecified atom stereocenters. The quantitative estimate of drug-likeness (QED) is 0.590. The Bertz CT molecular complexity index is 1090. The van der Waals surface area contributed by atoms with Gasteiger partial charge in [0.2, 0.25) is 0 Å². The normalized spacial score (nSPS) is 20.6. The van der Waals surface area contributed by atoms with Crippen molar-refractivity contribution < 1.29 is 4.74 Å². The van der Waals surface area contributed by atoms with E-state index in [0.717, 1.165) is 66.2 Å². The van der Waals surface area contributed by atoms with Gasteiger partial charge in [-0.25, -0.2) is 4.98 Å². The summed E-state index contributed by atoms with van der Waals surface area (Å²) in [7, 11) is 1.90. The fourth-order valence-electron chi connectivity index (χ4n) is 4.69. The molecular formula is C23H27Cl2N5O. The van der Waals surface area contributed by atoms with Crippen molar-refractivity contribution in [2.75, 3.05) is 31.1 Å². The number of aryl methyl sites for hydroxylation is 1. The van der Waals surface area contributed by atoms with Crippen molar-refractivity contribution in [3.05, 3.63) is 46.1 Å². The second-order valence-electron chi connectivity index (χ2n) is 8.71. The minimum atomic E-state index is -0.248. The molecule has 0 amide bonds. The highest BCUT2D eigenvalue weighted by atomic mass is 35.5. The number of nitrogens with zero attached hydrogens (tertiary/aromatic N) is 4. The molecule has 5 rings (SSSR count). The topological polar surface area (TPSA) is 55.2 Å². The van der Waals surface area contributed by atoms with Gasteiger partial charge in [0.15, 0.2) is 11.3 Å². The van der Waals surface area contributed by atoms with Crippen LogP contribution in [0.1, 0.15) is 31.4 Å². The van der Waals surface area contributed by atoms with Crippen LogP contribution in [0.25, 0.3) is 11.0 Å². The molecule has 31 heavy (non-hydrogen) atoms. The van der Waals surface area contributed by atoms with E-state index in [1.807, 2.05) is 38.4 Å². The van der Waals surface area contributed by atoms with Gasteiger partial charge in [-0.2, -0.15) is 5.10 Å². The number of aromatic nitrogens is 3. The molecule has 0 bridgehead atoms. The van der Waals surface area contributed by atoms with Gasteiger partial charge in [-0.1, -0.05) is 29.3 Å². The lowest BCUT2D eigenvalue weighted by Gasteiger charge is -2.45. The first-order valence-corrected chi connectivity index (χ1v) is 11.6. The number of piperidine rings is 1. The summed E-state index contributed by atoms with van der Waals surface area (Å²) in [5, 5.41) is 9.32. The first-order chi connectivity index (χ1) is 15.0. The van der Waals surface area contributed by atoms with Crippen molar-refractivity contribution in [3.8, 4) is 5.75 Å². The molecular weight excluding hydrogens is 433 g/mol. The van der Waals surface area contributed by atoms with Gasteiger partial charge in [0, 0.05) is 41.8 Å². The molecule has 0 aliphatic carbocycles. The van der Waals surface area contributed by atoms with Gasteiger partial charge in [-0.05, 0) is 56.8 Å². The van der Waals surface area contributed by atoms with Crippen molar-refractivity contribution in [2.45, 2.75) is 25.9 Å². The number of hydrogen-bond donors (Lipinski definition) is 1. The summed E-state index contributed by atoms with van der Waals surface area (Å²) >= 11 is 12.5. The maximum absolute atomic E-state index is 6.41. The van der Waals surface area contributed by atoms with E-state index in [9.17, 15) is 0 Å². The smallest absolute Gasteiger partial charge is 0.153 e. The summed E-state index contributed by atoms with van der Waals surface area (Å²) in [5.74, 6) is 3.18. The molecule has 3 aromatic rings. The molecule has 8 heteroatoms. The number of benzene rings is 1. The predicted octanol–water partition coefficient (Wildman–Crippen LogP) is 4.85. The lowest BCUT2D eigenvalue weighted by Crippen LogP contribution is -2.53. The zero-order chi connectivity index (χ0) is 21.5. The third-order valence-corrected chi connectivity index (χ3v) is 7.04. The molecule has 2 saturated heterocycles. The van der Waals surface area contributed by atoms with Crippen LogP contribution in [-0.2, 0) is 7.05 Å². The Labute approximate surface area is 192 Å². The number of pyridine rings is 1. The lowest BCUT2D eigenvalue weighted by molar-refractivity contribution is 0.221. The molecule has 0 spiro atoms. The third kappa shape index (κ3) is 4.21. The summed E-state index contributed by atoms with van der Waals surface area (Å²) in [6.45, 7) is 6.37. The highest BCUT2D eigenvalue weighted by molar-refractivity contribution is 6.35. The van der Waals surface area contributed by atoms with E-state index in [2.05, 4.69) is 15.3 Å². The summed E-state index contributed by atoms with van der Waals surface area (Å²) in [6, 6.07) is 7.50. The van der Waals surface area contributed by atoms with Crippen molar-refractivity contribution in [1.29, 1.82) is 0 Å². The maximum atomic E-state index is 6.41. The molecule has 2 atom stereocenters. The number of nitrogens with one attached hydrogen (secondary N) is 1. The zero-order valence-electron chi connectivity index (χ0n) is 17.8. The first kappa shape index (κ1) is 20.9. The van der Waals surface area contributed by atoms with Crippen molar-refractivity contribution in [1.82, 2.24) is 20.1 Å².